The van der Waals surface area contributed by atoms with Gasteiger partial charge in [-0.25, -0.2) is 0 Å². The van der Waals surface area contributed by atoms with Crippen molar-refractivity contribution < 1.29 is 4.74 Å². The molecule has 2 heteroatoms. The van der Waals surface area contributed by atoms with Gasteiger partial charge in [-0.3, -0.25) is 0 Å². The second-order valence-corrected chi connectivity index (χ2v) is 2.70. The lowest BCUT2D eigenvalue weighted by molar-refractivity contribution is 0.00372. The average molecular weight is 129 g/mol. The molecule has 0 bridgehead atoms. The monoisotopic (exact) mass is 129 g/mol. The summed E-state index contributed by atoms with van der Waals surface area (Å²) in [5.74, 6) is 0. The molecule has 0 amide bonds. The normalized spacial score (nSPS) is 36.7. The maximum Gasteiger partial charge on any atom is 0.0621 e. The van der Waals surface area contributed by atoms with E-state index in [4.69, 9.17) is 10.5 Å². The molecular formula is C7H15NO. The van der Waals surface area contributed by atoms with E-state index in [9.17, 15) is 0 Å². The van der Waals surface area contributed by atoms with Gasteiger partial charge in [0.2, 0.25) is 0 Å². The second kappa shape index (κ2) is 3.18. The van der Waals surface area contributed by atoms with E-state index < -0.39 is 0 Å². The van der Waals surface area contributed by atoms with Crippen LogP contribution in [0.2, 0.25) is 0 Å². The van der Waals surface area contributed by atoms with Crippen LogP contribution in [0.4, 0.5) is 0 Å². The molecule has 1 fully saturated rings. The molecule has 0 radical (unpaired) electrons. The average Bonchev–Trinajstić information content (AvgIpc) is 1.90. The van der Waals surface area contributed by atoms with Crippen LogP contribution in [-0.4, -0.2) is 18.8 Å². The van der Waals surface area contributed by atoms with Crippen LogP contribution in [0.3, 0.4) is 0 Å². The number of hydrogen-bond acceptors (Lipinski definition) is 2. The topological polar surface area (TPSA) is 35.2 Å². The highest BCUT2D eigenvalue weighted by Crippen LogP contribution is 2.13. The summed E-state index contributed by atoms with van der Waals surface area (Å²) in [6, 6.07) is 0.299. The lowest BCUT2D eigenvalue weighted by Gasteiger charge is -2.25. The minimum atomic E-state index is 0.299. The fourth-order valence-corrected chi connectivity index (χ4v) is 1.15. The summed E-state index contributed by atoms with van der Waals surface area (Å²) in [5.41, 5.74) is 5.63. The zero-order chi connectivity index (χ0) is 6.69. The highest BCUT2D eigenvalue weighted by molar-refractivity contribution is 4.70. The Morgan fingerprint density at radius 1 is 1.56 bits per heavy atom. The van der Waals surface area contributed by atoms with E-state index >= 15 is 0 Å². The maximum absolute atomic E-state index is 5.63. The molecule has 0 spiro atoms. The minimum absolute atomic E-state index is 0.299. The summed E-state index contributed by atoms with van der Waals surface area (Å²) in [4.78, 5) is 0. The minimum Gasteiger partial charge on any atom is -0.377 e. The molecule has 0 aromatic heterocycles. The molecule has 9 heavy (non-hydrogen) atoms. The number of ether oxygens (including phenoxy) is 1. The van der Waals surface area contributed by atoms with Gasteiger partial charge in [-0.2, -0.15) is 0 Å². The molecular weight excluding hydrogens is 114 g/mol. The van der Waals surface area contributed by atoms with Gasteiger partial charge in [0.1, 0.15) is 0 Å². The first kappa shape index (κ1) is 7.03. The first-order valence-electron chi connectivity index (χ1n) is 3.70. The maximum atomic E-state index is 5.63. The van der Waals surface area contributed by atoms with Crippen LogP contribution < -0.4 is 5.73 Å². The Hall–Kier alpha value is -0.0800. The molecule has 2 nitrogen and oxygen atoms in total. The Bertz CT molecular complexity index is 77.0. The molecule has 0 aromatic carbocycles. The van der Waals surface area contributed by atoms with Gasteiger partial charge < -0.3 is 10.5 Å². The van der Waals surface area contributed by atoms with Crippen LogP contribution in [0, 0.1) is 0 Å². The summed E-state index contributed by atoms with van der Waals surface area (Å²) < 4.78 is 5.41. The standard InChI is InChI=1S/C7H15NO/c1-2-7-4-3-6(8)5-9-7/h6-7H,2-5,8H2,1H3/t6-,7-/m0/s1. The number of rotatable bonds is 1. The molecule has 1 saturated heterocycles. The summed E-state index contributed by atoms with van der Waals surface area (Å²) in [6.07, 6.45) is 3.91. The van der Waals surface area contributed by atoms with Gasteiger partial charge in [0.05, 0.1) is 12.7 Å². The van der Waals surface area contributed by atoms with Crippen molar-refractivity contribution in [2.45, 2.75) is 38.3 Å². The Kier molecular flexibility index (Phi) is 2.49. The van der Waals surface area contributed by atoms with Crippen LogP contribution in [-0.2, 0) is 4.74 Å². The van der Waals surface area contributed by atoms with E-state index in [0.29, 0.717) is 12.1 Å². The van der Waals surface area contributed by atoms with Crippen LogP contribution in [0.25, 0.3) is 0 Å². The first-order valence-corrected chi connectivity index (χ1v) is 3.70. The van der Waals surface area contributed by atoms with E-state index in [1.165, 1.54) is 0 Å². The zero-order valence-corrected chi connectivity index (χ0v) is 5.97. The lowest BCUT2D eigenvalue weighted by Crippen LogP contribution is -2.34. The Morgan fingerprint density at radius 3 is 2.78 bits per heavy atom. The molecule has 1 aliphatic heterocycles. The third-order valence-electron chi connectivity index (χ3n) is 1.86. The molecule has 2 N–H and O–H groups in total. The van der Waals surface area contributed by atoms with Crippen molar-refractivity contribution in [1.82, 2.24) is 0 Å². The van der Waals surface area contributed by atoms with Gasteiger partial charge in [0.15, 0.2) is 0 Å². The molecule has 1 rings (SSSR count). The summed E-state index contributed by atoms with van der Waals surface area (Å²) in [7, 11) is 0. The third kappa shape index (κ3) is 1.95. The molecule has 2 atom stereocenters. The van der Waals surface area contributed by atoms with E-state index in [1.54, 1.807) is 0 Å². The van der Waals surface area contributed by atoms with Crippen LogP contribution in [0.1, 0.15) is 26.2 Å². The van der Waals surface area contributed by atoms with E-state index in [-0.39, 0.29) is 0 Å². The predicted molar refractivity (Wildman–Crippen MR) is 37.2 cm³/mol. The highest BCUT2D eigenvalue weighted by Gasteiger charge is 2.16. The Labute approximate surface area is 56.4 Å². The van der Waals surface area contributed by atoms with Crippen molar-refractivity contribution in [3.8, 4) is 0 Å². The largest absolute Gasteiger partial charge is 0.377 e. The summed E-state index contributed by atoms with van der Waals surface area (Å²) in [6.45, 7) is 2.92. The van der Waals surface area contributed by atoms with Gasteiger partial charge in [0, 0.05) is 6.04 Å². The fourth-order valence-electron chi connectivity index (χ4n) is 1.15. The van der Waals surface area contributed by atoms with Gasteiger partial charge in [0.25, 0.3) is 0 Å². The molecule has 1 heterocycles. The van der Waals surface area contributed by atoms with Crippen molar-refractivity contribution in [1.29, 1.82) is 0 Å². The van der Waals surface area contributed by atoms with E-state index in [0.717, 1.165) is 25.9 Å². The van der Waals surface area contributed by atoms with Crippen LogP contribution in [0.5, 0.6) is 0 Å². The zero-order valence-electron chi connectivity index (χ0n) is 5.97. The van der Waals surface area contributed by atoms with Crippen molar-refractivity contribution in [2.24, 2.45) is 5.73 Å². The molecule has 1 aliphatic rings. The Morgan fingerprint density at radius 2 is 2.33 bits per heavy atom. The predicted octanol–water partition coefficient (Wildman–Crippen LogP) is 0.903. The second-order valence-electron chi connectivity index (χ2n) is 2.70. The molecule has 54 valence electrons. The SMILES string of the molecule is CC[C@H]1CC[C@H](N)CO1. The van der Waals surface area contributed by atoms with Gasteiger partial charge >= 0.3 is 0 Å². The molecule has 0 saturated carbocycles. The van der Waals surface area contributed by atoms with Crippen LogP contribution in [0.15, 0.2) is 0 Å². The van der Waals surface area contributed by atoms with Crippen molar-refractivity contribution >= 4 is 0 Å². The molecule has 0 unspecified atom stereocenters. The van der Waals surface area contributed by atoms with Gasteiger partial charge in [-0.15, -0.1) is 0 Å². The van der Waals surface area contributed by atoms with Crippen molar-refractivity contribution in [3.63, 3.8) is 0 Å². The van der Waals surface area contributed by atoms with Gasteiger partial charge in [-0.05, 0) is 19.3 Å². The van der Waals surface area contributed by atoms with Crippen LogP contribution >= 0.6 is 0 Å². The number of nitrogens with two attached hydrogens (primary N) is 1. The van der Waals surface area contributed by atoms with Gasteiger partial charge in [-0.1, -0.05) is 6.92 Å². The number of hydrogen-bond donors (Lipinski definition) is 1. The van der Waals surface area contributed by atoms with E-state index in [2.05, 4.69) is 6.92 Å². The van der Waals surface area contributed by atoms with Crippen molar-refractivity contribution in [2.75, 3.05) is 6.61 Å². The quantitative estimate of drug-likeness (QED) is 0.571. The van der Waals surface area contributed by atoms with Crippen molar-refractivity contribution in [3.05, 3.63) is 0 Å². The smallest absolute Gasteiger partial charge is 0.0621 e. The third-order valence-corrected chi connectivity index (χ3v) is 1.86. The molecule has 0 aromatic rings. The first-order chi connectivity index (χ1) is 4.33. The summed E-state index contributed by atoms with van der Waals surface area (Å²) in [5, 5.41) is 0. The molecule has 0 aliphatic carbocycles. The summed E-state index contributed by atoms with van der Waals surface area (Å²) >= 11 is 0. The van der Waals surface area contributed by atoms with E-state index in [1.807, 2.05) is 0 Å². The fraction of sp³-hybridized carbons (Fsp3) is 1.00. The highest BCUT2D eigenvalue weighted by atomic mass is 16.5. The lowest BCUT2D eigenvalue weighted by atomic mass is 10.0. The Balaban J connectivity index is 2.18.